The average molecular weight is 327 g/mol. The standard InChI is InChI=1S/C15H18FNO2S2/c1-15(2,13-7-8-20-9-13)11-17-21(18,19)10-12-5-3-4-6-14(12)16/h3-9,17H,10-11H2,1-2H3. The fourth-order valence-electron chi connectivity index (χ4n) is 1.91. The highest BCUT2D eigenvalue weighted by Gasteiger charge is 2.24. The minimum atomic E-state index is -3.57. The molecule has 0 atom stereocenters. The van der Waals surface area contributed by atoms with E-state index >= 15 is 0 Å². The van der Waals surface area contributed by atoms with Crippen LogP contribution < -0.4 is 4.72 Å². The highest BCUT2D eigenvalue weighted by Crippen LogP contribution is 2.24. The summed E-state index contributed by atoms with van der Waals surface area (Å²) < 4.78 is 40.3. The van der Waals surface area contributed by atoms with E-state index < -0.39 is 15.8 Å². The molecular weight excluding hydrogens is 309 g/mol. The number of sulfonamides is 1. The summed E-state index contributed by atoms with van der Waals surface area (Å²) in [5.74, 6) is -0.848. The Morgan fingerprint density at radius 3 is 2.57 bits per heavy atom. The lowest BCUT2D eigenvalue weighted by Crippen LogP contribution is -2.37. The molecule has 3 nitrogen and oxygen atoms in total. The molecule has 1 heterocycles. The van der Waals surface area contributed by atoms with Crippen molar-refractivity contribution in [3.05, 3.63) is 58.0 Å². The second-order valence-electron chi connectivity index (χ2n) is 5.57. The fourth-order valence-corrected chi connectivity index (χ4v) is 4.09. The third-order valence-electron chi connectivity index (χ3n) is 3.34. The summed E-state index contributed by atoms with van der Waals surface area (Å²) in [6, 6.07) is 7.90. The van der Waals surface area contributed by atoms with Gasteiger partial charge < -0.3 is 0 Å². The average Bonchev–Trinajstić information content (AvgIpc) is 2.94. The van der Waals surface area contributed by atoms with Crippen LogP contribution in [0.15, 0.2) is 41.1 Å². The molecule has 21 heavy (non-hydrogen) atoms. The summed E-state index contributed by atoms with van der Waals surface area (Å²) in [5.41, 5.74) is 0.960. The summed E-state index contributed by atoms with van der Waals surface area (Å²) in [5, 5.41) is 3.97. The van der Waals surface area contributed by atoms with Crippen LogP contribution in [-0.4, -0.2) is 15.0 Å². The van der Waals surface area contributed by atoms with Crippen molar-refractivity contribution in [1.82, 2.24) is 4.72 Å². The van der Waals surface area contributed by atoms with Crippen LogP contribution in [0.4, 0.5) is 4.39 Å². The van der Waals surface area contributed by atoms with Crippen molar-refractivity contribution in [2.24, 2.45) is 0 Å². The maximum absolute atomic E-state index is 13.5. The number of nitrogens with one attached hydrogen (secondary N) is 1. The van der Waals surface area contributed by atoms with Gasteiger partial charge in [0.25, 0.3) is 0 Å². The van der Waals surface area contributed by atoms with E-state index in [-0.39, 0.29) is 23.3 Å². The molecule has 0 radical (unpaired) electrons. The Balaban J connectivity index is 2.04. The van der Waals surface area contributed by atoms with Crippen molar-refractivity contribution in [3.8, 4) is 0 Å². The normalized spacial score (nSPS) is 12.5. The molecule has 0 bridgehead atoms. The summed E-state index contributed by atoms with van der Waals surface area (Å²) in [7, 11) is -3.57. The molecule has 6 heteroatoms. The summed E-state index contributed by atoms with van der Waals surface area (Å²) in [6.45, 7) is 4.22. The Labute approximate surface area is 128 Å². The molecule has 114 valence electrons. The van der Waals surface area contributed by atoms with Gasteiger partial charge in [0, 0.05) is 17.5 Å². The lowest BCUT2D eigenvalue weighted by molar-refractivity contribution is 0.502. The van der Waals surface area contributed by atoms with E-state index in [1.807, 2.05) is 30.7 Å². The molecule has 0 fully saturated rings. The monoisotopic (exact) mass is 327 g/mol. The van der Waals surface area contributed by atoms with E-state index in [2.05, 4.69) is 4.72 Å². The highest BCUT2D eigenvalue weighted by molar-refractivity contribution is 7.88. The minimum absolute atomic E-state index is 0.179. The zero-order valence-corrected chi connectivity index (χ0v) is 13.6. The molecule has 0 aliphatic carbocycles. The van der Waals surface area contributed by atoms with Crippen LogP contribution in [0, 0.1) is 5.82 Å². The zero-order valence-electron chi connectivity index (χ0n) is 12.0. The van der Waals surface area contributed by atoms with Gasteiger partial charge in [0.2, 0.25) is 10.0 Å². The Kier molecular flexibility index (Phi) is 4.81. The van der Waals surface area contributed by atoms with Gasteiger partial charge in [-0.1, -0.05) is 32.0 Å². The van der Waals surface area contributed by atoms with Gasteiger partial charge in [0.05, 0.1) is 5.75 Å². The predicted octanol–water partition coefficient (Wildman–Crippen LogP) is 3.28. The van der Waals surface area contributed by atoms with E-state index in [4.69, 9.17) is 0 Å². The number of benzene rings is 1. The van der Waals surface area contributed by atoms with Crippen molar-refractivity contribution in [2.75, 3.05) is 6.54 Å². The van der Waals surface area contributed by atoms with Crippen molar-refractivity contribution >= 4 is 21.4 Å². The first-order valence-corrected chi connectivity index (χ1v) is 9.13. The number of thiophene rings is 1. The first kappa shape index (κ1) is 16.1. The molecule has 0 unspecified atom stereocenters. The van der Waals surface area contributed by atoms with Gasteiger partial charge in [-0.3, -0.25) is 0 Å². The molecule has 2 rings (SSSR count). The van der Waals surface area contributed by atoms with Crippen molar-refractivity contribution in [3.63, 3.8) is 0 Å². The molecule has 0 aliphatic rings. The van der Waals surface area contributed by atoms with Gasteiger partial charge in [-0.05, 0) is 28.5 Å². The molecule has 2 aromatic rings. The second-order valence-corrected chi connectivity index (χ2v) is 8.15. The van der Waals surface area contributed by atoms with Gasteiger partial charge in [-0.25, -0.2) is 17.5 Å². The van der Waals surface area contributed by atoms with Crippen LogP contribution in [-0.2, 0) is 21.2 Å². The molecule has 0 spiro atoms. The number of hydrogen-bond donors (Lipinski definition) is 1. The van der Waals surface area contributed by atoms with Crippen LogP contribution in [0.5, 0.6) is 0 Å². The largest absolute Gasteiger partial charge is 0.215 e. The maximum atomic E-state index is 13.5. The molecule has 1 aromatic heterocycles. The Bertz CT molecular complexity index is 694. The van der Waals surface area contributed by atoms with E-state index in [1.54, 1.807) is 23.5 Å². The molecule has 0 aliphatic heterocycles. The smallest absolute Gasteiger partial charge is 0.214 e. The maximum Gasteiger partial charge on any atom is 0.215 e. The second kappa shape index (κ2) is 6.25. The molecule has 1 aromatic carbocycles. The Morgan fingerprint density at radius 2 is 1.95 bits per heavy atom. The topological polar surface area (TPSA) is 46.2 Å². The third kappa shape index (κ3) is 4.36. The molecular formula is C15H18FNO2S2. The van der Waals surface area contributed by atoms with Crippen molar-refractivity contribution in [1.29, 1.82) is 0 Å². The van der Waals surface area contributed by atoms with Gasteiger partial charge >= 0.3 is 0 Å². The summed E-state index contributed by atoms with van der Waals surface area (Å²) in [4.78, 5) is 0. The first-order chi connectivity index (χ1) is 9.80. The Morgan fingerprint density at radius 1 is 1.24 bits per heavy atom. The van der Waals surface area contributed by atoms with Crippen LogP contribution in [0.2, 0.25) is 0 Å². The van der Waals surface area contributed by atoms with Gasteiger partial charge in [0.1, 0.15) is 5.82 Å². The van der Waals surface area contributed by atoms with E-state index in [9.17, 15) is 12.8 Å². The molecule has 0 amide bonds. The Hall–Kier alpha value is -1.24. The number of hydrogen-bond acceptors (Lipinski definition) is 3. The lowest BCUT2D eigenvalue weighted by atomic mass is 9.87. The quantitative estimate of drug-likeness (QED) is 0.885. The minimum Gasteiger partial charge on any atom is -0.214 e. The summed E-state index contributed by atoms with van der Waals surface area (Å²) >= 11 is 1.58. The van der Waals surface area contributed by atoms with Gasteiger partial charge in [0.15, 0.2) is 0 Å². The van der Waals surface area contributed by atoms with Crippen LogP contribution in [0.3, 0.4) is 0 Å². The molecule has 1 N–H and O–H groups in total. The van der Waals surface area contributed by atoms with Crippen LogP contribution >= 0.6 is 11.3 Å². The zero-order chi connectivity index (χ0) is 15.5. The summed E-state index contributed by atoms with van der Waals surface area (Å²) in [6.07, 6.45) is 0. The molecule has 0 saturated heterocycles. The molecule has 0 saturated carbocycles. The first-order valence-electron chi connectivity index (χ1n) is 6.54. The van der Waals surface area contributed by atoms with Crippen LogP contribution in [0.1, 0.15) is 25.0 Å². The number of rotatable bonds is 6. The SMILES string of the molecule is CC(C)(CNS(=O)(=O)Cc1ccccc1F)c1ccsc1. The fraction of sp³-hybridized carbons (Fsp3) is 0.333. The van der Waals surface area contributed by atoms with Crippen molar-refractivity contribution in [2.45, 2.75) is 25.0 Å². The number of halogens is 1. The van der Waals surface area contributed by atoms with Gasteiger partial charge in [-0.15, -0.1) is 0 Å². The predicted molar refractivity (Wildman–Crippen MR) is 84.4 cm³/mol. The lowest BCUT2D eigenvalue weighted by Gasteiger charge is -2.24. The van der Waals surface area contributed by atoms with E-state index in [1.165, 1.54) is 12.1 Å². The highest BCUT2D eigenvalue weighted by atomic mass is 32.2. The van der Waals surface area contributed by atoms with Crippen LogP contribution in [0.25, 0.3) is 0 Å². The third-order valence-corrected chi connectivity index (χ3v) is 5.30. The van der Waals surface area contributed by atoms with Gasteiger partial charge in [-0.2, -0.15) is 11.3 Å². The van der Waals surface area contributed by atoms with Crippen molar-refractivity contribution < 1.29 is 12.8 Å². The van der Waals surface area contributed by atoms with E-state index in [0.29, 0.717) is 0 Å². The van der Waals surface area contributed by atoms with E-state index in [0.717, 1.165) is 5.56 Å².